The van der Waals surface area contributed by atoms with E-state index in [1.54, 1.807) is 11.0 Å². The van der Waals surface area contributed by atoms with Gasteiger partial charge in [-0.05, 0) is 66.3 Å². The molecule has 0 unspecified atom stereocenters. The van der Waals surface area contributed by atoms with Gasteiger partial charge in [-0.3, -0.25) is 14.4 Å². The van der Waals surface area contributed by atoms with Crippen LogP contribution in [0.3, 0.4) is 0 Å². The number of carbonyl (C=O) groups is 3. The van der Waals surface area contributed by atoms with Crippen molar-refractivity contribution >= 4 is 17.7 Å². The summed E-state index contributed by atoms with van der Waals surface area (Å²) in [6.07, 6.45) is 0.380. The Bertz CT molecular complexity index is 1700. The lowest BCUT2D eigenvalue weighted by Gasteiger charge is -2.29. The summed E-state index contributed by atoms with van der Waals surface area (Å²) in [5, 5.41) is 11.3. The zero-order valence-corrected chi connectivity index (χ0v) is 28.1. The Kier molecular flexibility index (Phi) is 13.4. The highest BCUT2D eigenvalue weighted by atomic mass is 19.1. The number of amides is 3. The summed E-state index contributed by atoms with van der Waals surface area (Å²) in [5.41, 5.74) is 14.6. The van der Waals surface area contributed by atoms with Crippen LogP contribution in [0.25, 0.3) is 0 Å². The summed E-state index contributed by atoms with van der Waals surface area (Å²) in [6, 6.07) is 26.4. The Morgan fingerprint density at radius 3 is 1.88 bits per heavy atom. The summed E-state index contributed by atoms with van der Waals surface area (Å²) >= 11 is 0. The first-order chi connectivity index (χ1) is 23.6. The molecular weight excluding hydrogens is 623 g/mol. The highest BCUT2D eigenvalue weighted by molar-refractivity contribution is 6.04. The maximum atomic E-state index is 14.6. The van der Waals surface area contributed by atoms with Crippen LogP contribution in [0.15, 0.2) is 97.1 Å². The van der Waals surface area contributed by atoms with Crippen LogP contribution in [0.5, 0.6) is 5.75 Å². The number of primary amides is 1. The fourth-order valence-corrected chi connectivity index (χ4v) is 5.59. The van der Waals surface area contributed by atoms with Crippen molar-refractivity contribution in [1.29, 1.82) is 0 Å². The topological polar surface area (TPSA) is 139 Å². The molecule has 49 heavy (non-hydrogen) atoms. The van der Waals surface area contributed by atoms with Crippen molar-refractivity contribution < 1.29 is 28.6 Å². The highest BCUT2D eigenvalue weighted by Gasteiger charge is 2.26. The molecule has 4 aromatic carbocycles. The molecule has 10 heteroatoms. The van der Waals surface area contributed by atoms with Gasteiger partial charge in [0.2, 0.25) is 5.91 Å². The number of aliphatic hydroxyl groups is 1. The second-order valence-electron chi connectivity index (χ2n) is 12.1. The molecule has 0 saturated carbocycles. The molecule has 0 heterocycles. The third-order valence-electron chi connectivity index (χ3n) is 8.04. The predicted octanol–water partition coefficient (Wildman–Crippen LogP) is 5.34. The second kappa shape index (κ2) is 17.9. The lowest BCUT2D eigenvalue weighted by Crippen LogP contribution is -2.46. The standard InChI is InChI=1S/C39H45FN4O5/c1-3-15-43(16-4-2)38(47)31-20-30(37(42)46)21-32(22-31)39(48)44(24-27-11-7-5-8-12-27)25-36(45)35(41)19-29-17-33(40)23-34(18-29)49-26-28-13-9-6-10-14-28/h5-14,17-18,20-23,35-36,45H,3-4,15-16,19,24-26,41H2,1-2H3,(H2,42,46)/t35-,36+/m0/s1. The van der Waals surface area contributed by atoms with E-state index >= 15 is 0 Å². The molecule has 4 aromatic rings. The number of halogens is 1. The van der Waals surface area contributed by atoms with Gasteiger partial charge in [-0.2, -0.15) is 0 Å². The zero-order chi connectivity index (χ0) is 35.3. The molecule has 5 N–H and O–H groups in total. The fraction of sp³-hybridized carbons (Fsp3) is 0.308. The Hall–Kier alpha value is -5.06. The maximum Gasteiger partial charge on any atom is 0.254 e. The van der Waals surface area contributed by atoms with Gasteiger partial charge in [0.1, 0.15) is 18.2 Å². The molecule has 0 spiro atoms. The Morgan fingerprint density at radius 2 is 1.31 bits per heavy atom. The van der Waals surface area contributed by atoms with E-state index in [1.807, 2.05) is 74.5 Å². The number of carbonyl (C=O) groups excluding carboxylic acids is 3. The number of hydrogen-bond donors (Lipinski definition) is 3. The van der Waals surface area contributed by atoms with E-state index in [-0.39, 0.29) is 48.7 Å². The van der Waals surface area contributed by atoms with Gasteiger partial charge >= 0.3 is 0 Å². The van der Waals surface area contributed by atoms with E-state index < -0.39 is 29.8 Å². The zero-order valence-electron chi connectivity index (χ0n) is 28.1. The molecule has 0 saturated heterocycles. The minimum atomic E-state index is -1.21. The monoisotopic (exact) mass is 668 g/mol. The first-order valence-electron chi connectivity index (χ1n) is 16.5. The summed E-state index contributed by atoms with van der Waals surface area (Å²) in [6.45, 7) is 5.17. The van der Waals surface area contributed by atoms with Crippen LogP contribution in [-0.2, 0) is 19.6 Å². The van der Waals surface area contributed by atoms with Crippen molar-refractivity contribution in [3.8, 4) is 5.75 Å². The quantitative estimate of drug-likeness (QED) is 0.139. The Morgan fingerprint density at radius 1 is 0.755 bits per heavy atom. The van der Waals surface area contributed by atoms with E-state index in [2.05, 4.69) is 0 Å². The summed E-state index contributed by atoms with van der Waals surface area (Å²) in [4.78, 5) is 43.1. The molecule has 0 fully saturated rings. The van der Waals surface area contributed by atoms with Crippen LogP contribution in [0, 0.1) is 5.82 Å². The van der Waals surface area contributed by atoms with Crippen LogP contribution in [0.4, 0.5) is 4.39 Å². The van der Waals surface area contributed by atoms with Gasteiger partial charge in [0.15, 0.2) is 0 Å². The fourth-order valence-electron chi connectivity index (χ4n) is 5.59. The summed E-state index contributed by atoms with van der Waals surface area (Å²) in [5.74, 6) is -1.77. The summed E-state index contributed by atoms with van der Waals surface area (Å²) in [7, 11) is 0. The molecular formula is C39H45FN4O5. The van der Waals surface area contributed by atoms with E-state index in [1.165, 1.54) is 35.2 Å². The number of benzene rings is 4. The molecule has 0 aliphatic rings. The molecule has 0 aliphatic heterocycles. The average molecular weight is 669 g/mol. The molecule has 2 atom stereocenters. The van der Waals surface area contributed by atoms with Crippen molar-refractivity contribution in [1.82, 2.24) is 9.80 Å². The number of ether oxygens (including phenoxy) is 1. The smallest absolute Gasteiger partial charge is 0.254 e. The van der Waals surface area contributed by atoms with E-state index in [0.717, 1.165) is 24.0 Å². The van der Waals surface area contributed by atoms with Gasteiger partial charge < -0.3 is 31.1 Å². The number of nitrogens with two attached hydrogens (primary N) is 2. The van der Waals surface area contributed by atoms with Crippen molar-refractivity contribution in [2.24, 2.45) is 11.5 Å². The van der Waals surface area contributed by atoms with Crippen LogP contribution >= 0.6 is 0 Å². The number of aliphatic hydroxyl groups excluding tert-OH is 1. The van der Waals surface area contributed by atoms with Crippen molar-refractivity contribution in [3.05, 3.63) is 136 Å². The average Bonchev–Trinajstić information content (AvgIpc) is 3.10. The van der Waals surface area contributed by atoms with Crippen LogP contribution in [-0.4, -0.2) is 64.4 Å². The van der Waals surface area contributed by atoms with Crippen LogP contribution < -0.4 is 16.2 Å². The third-order valence-corrected chi connectivity index (χ3v) is 8.04. The van der Waals surface area contributed by atoms with Gasteiger partial charge in [-0.15, -0.1) is 0 Å². The molecule has 3 amide bonds. The van der Waals surface area contributed by atoms with Gasteiger partial charge in [0.05, 0.1) is 6.10 Å². The molecule has 9 nitrogen and oxygen atoms in total. The lowest BCUT2D eigenvalue weighted by molar-refractivity contribution is 0.0554. The third kappa shape index (κ3) is 10.7. The predicted molar refractivity (Wildman–Crippen MR) is 187 cm³/mol. The SMILES string of the molecule is CCCN(CCC)C(=O)c1cc(C(N)=O)cc(C(=O)N(Cc2ccccc2)C[C@@H](O)[C@@H](N)Cc2cc(F)cc(OCc3ccccc3)c2)c1. The number of rotatable bonds is 17. The van der Waals surface area contributed by atoms with Gasteiger partial charge in [0, 0.05) is 55.0 Å². The van der Waals surface area contributed by atoms with Crippen LogP contribution in [0.1, 0.15) is 74.5 Å². The van der Waals surface area contributed by atoms with Gasteiger partial charge in [-0.1, -0.05) is 74.5 Å². The molecule has 0 aromatic heterocycles. The van der Waals surface area contributed by atoms with E-state index in [0.29, 0.717) is 24.4 Å². The van der Waals surface area contributed by atoms with Gasteiger partial charge in [-0.25, -0.2) is 4.39 Å². The first-order valence-corrected chi connectivity index (χ1v) is 16.5. The number of hydrogen-bond acceptors (Lipinski definition) is 6. The molecule has 258 valence electrons. The van der Waals surface area contributed by atoms with Crippen LogP contribution in [0.2, 0.25) is 0 Å². The lowest BCUT2D eigenvalue weighted by atomic mass is 10.00. The minimum Gasteiger partial charge on any atom is -0.489 e. The minimum absolute atomic E-state index is 0.0236. The van der Waals surface area contributed by atoms with E-state index in [9.17, 15) is 23.9 Å². The number of nitrogens with zero attached hydrogens (tertiary/aromatic N) is 2. The van der Waals surface area contributed by atoms with Crippen molar-refractivity contribution in [2.45, 2.75) is 58.4 Å². The highest BCUT2D eigenvalue weighted by Crippen LogP contribution is 2.21. The summed E-state index contributed by atoms with van der Waals surface area (Å²) < 4.78 is 20.4. The normalized spacial score (nSPS) is 12.2. The van der Waals surface area contributed by atoms with E-state index in [4.69, 9.17) is 16.2 Å². The largest absolute Gasteiger partial charge is 0.489 e. The maximum absolute atomic E-state index is 14.6. The molecule has 4 rings (SSSR count). The van der Waals surface area contributed by atoms with Gasteiger partial charge in [0.25, 0.3) is 11.8 Å². The first kappa shape index (κ1) is 36.8. The molecule has 0 radical (unpaired) electrons. The Balaban J connectivity index is 1.57. The second-order valence-corrected chi connectivity index (χ2v) is 12.1. The Labute approximate surface area is 287 Å². The van der Waals surface area contributed by atoms with Crippen molar-refractivity contribution in [2.75, 3.05) is 19.6 Å². The van der Waals surface area contributed by atoms with Crippen molar-refractivity contribution in [3.63, 3.8) is 0 Å². The molecule has 0 bridgehead atoms. The molecule has 0 aliphatic carbocycles.